The molecule has 20 nitrogen and oxygen atoms in total. The number of para-hydroxylation sites is 2. The molecule has 4 heterocycles. The Morgan fingerprint density at radius 3 is 0.919 bits per heavy atom. The Morgan fingerprint density at radius 2 is 0.610 bits per heavy atom. The van der Waals surface area contributed by atoms with E-state index in [9.17, 15) is 39.0 Å². The van der Waals surface area contributed by atoms with Crippen LogP contribution >= 0.6 is 33.4 Å². The number of aromatic nitrogens is 6. The molecule has 27 heteroatoms. The maximum absolute atomic E-state index is 14.0. The number of aliphatic carboxylic acids is 2. The fraction of sp³-hybridized carbons (Fsp3) is 0.271. The molecule has 0 saturated heterocycles. The van der Waals surface area contributed by atoms with Gasteiger partial charge in [-0.05, 0) is 173 Å². The van der Waals surface area contributed by atoms with E-state index in [-0.39, 0.29) is 109 Å². The van der Waals surface area contributed by atoms with Crippen molar-refractivity contribution in [2.75, 3.05) is 35.2 Å². The van der Waals surface area contributed by atoms with E-state index in [1.54, 1.807) is 9.80 Å². The molecule has 646 valence electrons. The van der Waals surface area contributed by atoms with E-state index < -0.39 is 42.9 Å². The third kappa shape index (κ3) is 25.8. The number of unbranched alkanes of at least 4 members (excludes halogenated alkanes) is 8. The second-order valence-electron chi connectivity index (χ2n) is 29.6. The zero-order valence-electron chi connectivity index (χ0n) is 68.9. The molecule has 0 radical (unpaired) electrons. The first-order valence-electron chi connectivity index (χ1n) is 41.0. The third-order valence-electron chi connectivity index (χ3n) is 22.0. The van der Waals surface area contributed by atoms with E-state index in [1.165, 1.54) is 31.8 Å². The third-order valence-corrected chi connectivity index (χ3v) is 31.0. The number of rotatable bonds is 36. The molecular weight excluding hydrogens is 1940 g/mol. The second kappa shape index (κ2) is 50.9. The van der Waals surface area contributed by atoms with Crippen LogP contribution < -0.4 is 109 Å². The molecule has 2 aliphatic rings. The van der Waals surface area contributed by atoms with E-state index in [4.69, 9.17) is 18.8 Å². The molecule has 2 aliphatic heterocycles. The number of carboxylic acid groups (broad SMARTS) is 2. The van der Waals surface area contributed by atoms with Crippen molar-refractivity contribution in [3.05, 3.63) is 290 Å². The summed E-state index contributed by atoms with van der Waals surface area (Å²) in [5.41, 5.74) is 10.1. The van der Waals surface area contributed by atoms with Gasteiger partial charge in [0.15, 0.2) is 0 Å². The van der Waals surface area contributed by atoms with Gasteiger partial charge in [0.25, 0.3) is 0 Å². The summed E-state index contributed by atoms with van der Waals surface area (Å²) < 4.78 is 3.79. The minimum absolute atomic E-state index is 0. The van der Waals surface area contributed by atoms with Gasteiger partial charge in [-0.2, -0.15) is 0 Å². The number of hydrogen-bond acceptors (Lipinski definition) is 14. The number of amides is 4. The molecular formula is C96H106Br2Cl2N12O8P2Pt. The van der Waals surface area contributed by atoms with E-state index in [1.807, 2.05) is 106 Å². The number of anilines is 2. The Hall–Kier alpha value is -9.69. The first-order chi connectivity index (χ1) is 58.3. The van der Waals surface area contributed by atoms with E-state index in [2.05, 4.69) is 213 Å². The van der Waals surface area contributed by atoms with Gasteiger partial charge < -0.3 is 86.5 Å². The number of carbonyl (C=O) groups excluding carboxylic acids is 6. The molecule has 10 aromatic carbocycles. The van der Waals surface area contributed by atoms with Crippen molar-refractivity contribution >= 4 is 112 Å². The van der Waals surface area contributed by atoms with Crippen LogP contribution in [0.1, 0.15) is 127 Å². The van der Waals surface area contributed by atoms with Crippen molar-refractivity contribution < 1.29 is 89.4 Å². The van der Waals surface area contributed by atoms with Crippen LogP contribution in [0.4, 0.5) is 11.4 Å². The van der Waals surface area contributed by atoms with Crippen LogP contribution in [0.15, 0.2) is 279 Å². The first kappa shape index (κ1) is 98.7. The molecule has 0 atom stereocenters. The van der Waals surface area contributed by atoms with Gasteiger partial charge in [-0.15, -0.1) is 10.2 Å². The number of hydrogen-bond donors (Lipinski definition) is 4. The molecule has 0 spiro atoms. The van der Waals surface area contributed by atoms with E-state index >= 15 is 0 Å². The number of nitrogens with zero attached hydrogens (tertiary/aromatic N) is 8. The monoisotopic (exact) mass is 2040 g/mol. The number of halogens is 4. The van der Waals surface area contributed by atoms with Crippen LogP contribution in [0.5, 0.6) is 0 Å². The Kier molecular flexibility index (Phi) is 40.9. The first-order valence-corrected chi connectivity index (χ1v) is 50.6. The fourth-order valence-corrected chi connectivity index (χ4v) is 25.1. The normalized spacial score (nSPS) is 11.6. The van der Waals surface area contributed by atoms with Gasteiger partial charge in [0.2, 0.25) is 23.6 Å². The molecule has 123 heavy (non-hydrogen) atoms. The number of carboxylic acids is 2. The average Bonchev–Trinajstić information content (AvgIpc) is 1.75. The van der Waals surface area contributed by atoms with Crippen molar-refractivity contribution in [2.45, 2.75) is 142 Å². The molecule has 0 unspecified atom stereocenters. The molecule has 12 aromatic rings. The van der Waals surface area contributed by atoms with Gasteiger partial charge in [0.05, 0.1) is 48.2 Å². The number of nitrogens with one attached hydrogen (secondary N) is 2. The summed E-state index contributed by atoms with van der Waals surface area (Å²) in [5.74, 6) is -2.32. The predicted octanol–water partition coefficient (Wildman–Crippen LogP) is 9.37. The van der Waals surface area contributed by atoms with Crippen LogP contribution in [-0.4, -0.2) is 91.0 Å². The molecule has 8 N–H and O–H groups in total. The van der Waals surface area contributed by atoms with E-state index in [0.717, 1.165) is 133 Å². The van der Waals surface area contributed by atoms with Crippen LogP contribution in [0, 0.1) is 0 Å². The predicted molar refractivity (Wildman–Crippen MR) is 485 cm³/mol. The summed E-state index contributed by atoms with van der Waals surface area (Å²) in [6, 6.07) is 96.8. The standard InChI is InChI=1S/2C48H50N5O4P.2BrH.2ClH.2H3N.Pt/c2*54-44(30-12-5-19-35-58(38-21-6-1-7-22-38,39-23-8-2-9-24-39)40-25-10-3-11-26-40)49-33-32-45(55)52-36-37-20-14-15-27-41(37)48-47(42-28-16-17-29-43(42)52)50-51-53(48)34-18-4-13-31-46(56)57;;;;;;;/h2*1-3,6-11,14-17,20-29H,4-5,12-13,18-19,30-36H2,(H-,49,54,56,57);4*1H;2*1H3;/q;;;;;;;;+4/p-4. The molecule has 0 fully saturated rings. The molecule has 4 amide bonds. The Bertz CT molecular complexity index is 4790. The van der Waals surface area contributed by atoms with Crippen LogP contribution in [-0.2, 0) is 71.4 Å². The Labute approximate surface area is 760 Å². The zero-order chi connectivity index (χ0) is 83.0. The van der Waals surface area contributed by atoms with Gasteiger partial charge in [0, 0.05) is 86.1 Å². The maximum atomic E-state index is 14.0. The number of benzene rings is 10. The molecule has 0 saturated carbocycles. The number of carbonyl (C=O) groups is 6. The van der Waals surface area contributed by atoms with Gasteiger partial charge >= 0.3 is 35.3 Å². The van der Waals surface area contributed by atoms with Gasteiger partial charge in [0.1, 0.15) is 57.7 Å². The molecule has 2 aromatic heterocycles. The summed E-state index contributed by atoms with van der Waals surface area (Å²) in [7, 11) is 5.94. The second-order valence-corrected chi connectivity index (χ2v) is 40.2. The molecule has 0 bridgehead atoms. The SMILES string of the molecule is N.N.O=C([O-])CCCCCn1nnc2c1-c1ccccc1CN(C(=O)CCNC(=O)CCCCC[P+](c1ccccc1)(c1ccccc1)c1ccccc1)c1ccccc1-2.O=C([O-])CCCCCn1nnc2c1-c1ccccc1CN(C(=O)CCNC(=O)CCCCC[P+](c1ccccc1)(c1ccccc1)c1ccccc1)c1ccccc1-2.[Br-].[Br-].[Cl][Pt+2][Cl]. The van der Waals surface area contributed by atoms with Crippen LogP contribution in [0.3, 0.4) is 0 Å². The van der Waals surface area contributed by atoms with E-state index in [0.29, 0.717) is 63.3 Å². The topological polar surface area (TPSA) is 310 Å². The van der Waals surface area contributed by atoms with Crippen molar-refractivity contribution in [1.82, 2.24) is 52.9 Å². The van der Waals surface area contributed by atoms with Crippen LogP contribution in [0.25, 0.3) is 45.0 Å². The van der Waals surface area contributed by atoms with Crippen molar-refractivity contribution in [3.8, 4) is 45.0 Å². The fourth-order valence-electron chi connectivity index (χ4n) is 16.3. The van der Waals surface area contributed by atoms with Gasteiger partial charge in [-0.3, -0.25) is 19.2 Å². The van der Waals surface area contributed by atoms with Gasteiger partial charge in [-0.1, -0.05) is 217 Å². The Morgan fingerprint density at radius 1 is 0.341 bits per heavy atom. The average molecular weight is 2040 g/mol. The summed E-state index contributed by atoms with van der Waals surface area (Å²) >= 11 is -0.472. The summed E-state index contributed by atoms with van der Waals surface area (Å²) in [6.07, 6.45) is 12.8. The van der Waals surface area contributed by atoms with Crippen molar-refractivity contribution in [2.24, 2.45) is 0 Å². The number of aryl methyl sites for hydroxylation is 2. The Balaban J connectivity index is 0.000000287. The molecule has 0 aliphatic carbocycles. The summed E-state index contributed by atoms with van der Waals surface area (Å²) in [4.78, 5) is 79.6. The molecule has 14 rings (SSSR count). The summed E-state index contributed by atoms with van der Waals surface area (Å²) in [6.45, 7) is 2.39. The number of fused-ring (bicyclic) bond motifs is 10. The van der Waals surface area contributed by atoms with Crippen molar-refractivity contribution in [1.29, 1.82) is 0 Å². The zero-order valence-corrected chi connectivity index (χ0v) is 77.7. The summed E-state index contributed by atoms with van der Waals surface area (Å²) in [5, 5.41) is 54.3. The van der Waals surface area contributed by atoms with Gasteiger partial charge in [-0.25, -0.2) is 9.36 Å². The minimum atomic E-state index is -1.91. The van der Waals surface area contributed by atoms with Crippen molar-refractivity contribution in [3.63, 3.8) is 0 Å². The quantitative estimate of drug-likeness (QED) is 0.0210. The van der Waals surface area contributed by atoms with Crippen LogP contribution in [0.2, 0.25) is 0 Å².